The van der Waals surface area contributed by atoms with Crippen molar-refractivity contribution in [1.29, 1.82) is 0 Å². The molecule has 0 aromatic rings. The number of ether oxygens (including phenoxy) is 3. The van der Waals surface area contributed by atoms with Gasteiger partial charge in [-0.3, -0.25) is 14.4 Å². The van der Waals surface area contributed by atoms with E-state index in [-0.39, 0.29) is 31.6 Å². The van der Waals surface area contributed by atoms with Crippen LogP contribution in [0.25, 0.3) is 0 Å². The Balaban J connectivity index is 4.49. The highest BCUT2D eigenvalue weighted by atomic mass is 16.6. The fourth-order valence-electron chi connectivity index (χ4n) is 7.50. The summed E-state index contributed by atoms with van der Waals surface area (Å²) in [5.74, 6) is -1.02. The van der Waals surface area contributed by atoms with Crippen LogP contribution >= 0.6 is 0 Å². The third-order valence-corrected chi connectivity index (χ3v) is 11.6. The lowest BCUT2D eigenvalue weighted by Crippen LogP contribution is -2.30. The van der Waals surface area contributed by atoms with E-state index in [1.165, 1.54) is 103 Å². The van der Waals surface area contributed by atoms with Crippen LogP contribution in [0, 0.1) is 0 Å². The first-order chi connectivity index (χ1) is 33.5. The molecule has 0 aliphatic heterocycles. The predicted octanol–water partition coefficient (Wildman–Crippen LogP) is 18.7. The number of carbonyl (C=O) groups is 3. The smallest absolute Gasteiger partial charge is 0.306 e. The van der Waals surface area contributed by atoms with E-state index in [1.54, 1.807) is 0 Å². The van der Waals surface area contributed by atoms with Crippen molar-refractivity contribution < 1.29 is 28.6 Å². The van der Waals surface area contributed by atoms with Gasteiger partial charge in [-0.15, -0.1) is 0 Å². The van der Waals surface area contributed by atoms with Gasteiger partial charge in [0.25, 0.3) is 0 Å². The Morgan fingerprint density at radius 1 is 0.324 bits per heavy atom. The lowest BCUT2D eigenvalue weighted by Gasteiger charge is -2.18. The first-order valence-corrected chi connectivity index (χ1v) is 27.9. The molecule has 0 aliphatic rings. The van der Waals surface area contributed by atoms with Crippen LogP contribution < -0.4 is 0 Å². The minimum atomic E-state index is -0.828. The van der Waals surface area contributed by atoms with Crippen molar-refractivity contribution in [2.45, 2.75) is 252 Å². The molecule has 0 bridgehead atoms. The molecule has 0 heterocycles. The Kier molecular flexibility index (Phi) is 52.4. The minimum Gasteiger partial charge on any atom is -0.462 e. The van der Waals surface area contributed by atoms with Gasteiger partial charge in [-0.2, -0.15) is 0 Å². The molecule has 6 heteroatoms. The van der Waals surface area contributed by atoms with Crippen LogP contribution in [0.15, 0.2) is 109 Å². The van der Waals surface area contributed by atoms with Gasteiger partial charge in [-0.1, -0.05) is 265 Å². The largest absolute Gasteiger partial charge is 0.462 e. The van der Waals surface area contributed by atoms with Crippen LogP contribution in [-0.4, -0.2) is 37.2 Å². The fourth-order valence-corrected chi connectivity index (χ4v) is 7.50. The Hall–Kier alpha value is -3.93. The number of hydrogen-bond acceptors (Lipinski definition) is 6. The summed E-state index contributed by atoms with van der Waals surface area (Å²) in [7, 11) is 0. The maximum absolute atomic E-state index is 12.8. The maximum atomic E-state index is 12.8. The van der Waals surface area contributed by atoms with Gasteiger partial charge in [0.1, 0.15) is 13.2 Å². The van der Waals surface area contributed by atoms with Crippen LogP contribution in [0.2, 0.25) is 0 Å². The number of carbonyl (C=O) groups excluding carboxylic acids is 3. The molecule has 6 nitrogen and oxygen atoms in total. The molecule has 1 atom stereocenters. The number of allylic oxidation sites excluding steroid dienone is 18. The molecule has 0 fully saturated rings. The molecule has 0 amide bonds. The third kappa shape index (κ3) is 53.0. The molecule has 0 N–H and O–H groups in total. The van der Waals surface area contributed by atoms with E-state index in [0.717, 1.165) is 96.3 Å². The van der Waals surface area contributed by atoms with Gasteiger partial charge >= 0.3 is 17.9 Å². The summed E-state index contributed by atoms with van der Waals surface area (Å²) in [6, 6.07) is 0. The molecule has 0 aromatic carbocycles. The van der Waals surface area contributed by atoms with E-state index in [4.69, 9.17) is 14.2 Å². The van der Waals surface area contributed by atoms with Crippen molar-refractivity contribution in [3.8, 4) is 0 Å². The van der Waals surface area contributed by atoms with Gasteiger partial charge in [0.15, 0.2) is 6.10 Å². The van der Waals surface area contributed by atoms with E-state index >= 15 is 0 Å². The Labute approximate surface area is 419 Å². The van der Waals surface area contributed by atoms with Gasteiger partial charge < -0.3 is 14.2 Å². The van der Waals surface area contributed by atoms with Gasteiger partial charge in [0.05, 0.1) is 0 Å². The zero-order chi connectivity index (χ0) is 49.3. The number of unbranched alkanes of at least 4 members (excludes halogenated alkanes) is 23. The lowest BCUT2D eigenvalue weighted by molar-refractivity contribution is -0.166. The highest BCUT2D eigenvalue weighted by Crippen LogP contribution is 2.16. The second-order valence-electron chi connectivity index (χ2n) is 18.2. The van der Waals surface area contributed by atoms with Crippen molar-refractivity contribution in [1.82, 2.24) is 0 Å². The Bertz CT molecular complexity index is 1410. The quantitative estimate of drug-likeness (QED) is 0.0199. The van der Waals surface area contributed by atoms with E-state index < -0.39 is 12.1 Å². The monoisotopic (exact) mass is 943 g/mol. The summed E-state index contributed by atoms with van der Waals surface area (Å²) < 4.78 is 16.8. The molecule has 0 radical (unpaired) electrons. The number of rotatable bonds is 49. The third-order valence-electron chi connectivity index (χ3n) is 11.6. The molecule has 68 heavy (non-hydrogen) atoms. The highest BCUT2D eigenvalue weighted by Gasteiger charge is 2.19. The fraction of sp³-hybridized carbons (Fsp3) is 0.661. The number of hydrogen-bond donors (Lipinski definition) is 0. The normalized spacial score (nSPS) is 12.9. The summed E-state index contributed by atoms with van der Waals surface area (Å²) >= 11 is 0. The van der Waals surface area contributed by atoms with Crippen molar-refractivity contribution in [3.63, 3.8) is 0 Å². The maximum Gasteiger partial charge on any atom is 0.306 e. The predicted molar refractivity (Wildman–Crippen MR) is 293 cm³/mol. The van der Waals surface area contributed by atoms with Crippen molar-refractivity contribution in [2.75, 3.05) is 13.2 Å². The van der Waals surface area contributed by atoms with Gasteiger partial charge in [0, 0.05) is 19.3 Å². The summed E-state index contributed by atoms with van der Waals surface area (Å²) in [4.78, 5) is 38.1. The van der Waals surface area contributed by atoms with Crippen LogP contribution in [0.4, 0.5) is 0 Å². The Morgan fingerprint density at radius 3 is 1.10 bits per heavy atom. The van der Waals surface area contributed by atoms with Gasteiger partial charge in [-0.05, 0) is 70.6 Å². The molecule has 0 saturated carbocycles. The molecule has 0 spiro atoms. The average molecular weight is 943 g/mol. The van der Waals surface area contributed by atoms with Crippen LogP contribution in [0.5, 0.6) is 0 Å². The second-order valence-corrected chi connectivity index (χ2v) is 18.2. The summed E-state index contributed by atoms with van der Waals surface area (Å²) in [6.45, 7) is 6.31. The van der Waals surface area contributed by atoms with Gasteiger partial charge in [-0.25, -0.2) is 0 Å². The van der Waals surface area contributed by atoms with E-state index in [2.05, 4.69) is 99.8 Å². The molecular weight excluding hydrogens is 841 g/mol. The molecule has 1 unspecified atom stereocenters. The average Bonchev–Trinajstić information content (AvgIpc) is 3.34. The standard InChI is InChI=1S/C62H102O6/c1-4-7-10-13-16-19-22-25-28-30-31-32-35-37-40-43-46-49-52-55-61(64)67-58-59(57-66-60(63)54-51-48-45-42-39-36-33-27-24-21-18-15-12-9-6-3)68-62(65)56-53-50-47-44-41-38-34-29-26-23-20-17-14-11-8-5-2/h8-9,11-12,15,17-18,20-21,24,26-27,29,33,38,41,47,50,59H,4-7,10,13-14,16,19,22-23,25,28,30-32,34-37,39-40,42-46,48-49,51-58H2,1-3H3/b11-8-,12-9-,18-15-,20-17-,24-21-,29-26-,33-27-,41-38-,50-47-. The summed E-state index contributed by atoms with van der Waals surface area (Å²) in [5.41, 5.74) is 0. The molecule has 0 saturated heterocycles. The molecule has 0 aliphatic carbocycles. The lowest BCUT2D eigenvalue weighted by atomic mass is 10.0. The van der Waals surface area contributed by atoms with E-state index in [9.17, 15) is 14.4 Å². The van der Waals surface area contributed by atoms with Crippen molar-refractivity contribution >= 4 is 17.9 Å². The second kappa shape index (κ2) is 55.7. The zero-order valence-corrected chi connectivity index (χ0v) is 44.1. The van der Waals surface area contributed by atoms with Crippen LogP contribution in [0.1, 0.15) is 245 Å². The summed E-state index contributed by atoms with van der Waals surface area (Å²) in [6.07, 6.45) is 75.2. The van der Waals surface area contributed by atoms with Crippen molar-refractivity contribution in [3.05, 3.63) is 109 Å². The molecule has 0 rings (SSSR count). The highest BCUT2D eigenvalue weighted by molar-refractivity contribution is 5.71. The summed E-state index contributed by atoms with van der Waals surface area (Å²) in [5, 5.41) is 0. The van der Waals surface area contributed by atoms with Crippen LogP contribution in [-0.2, 0) is 28.6 Å². The first-order valence-electron chi connectivity index (χ1n) is 27.9. The topological polar surface area (TPSA) is 78.9 Å². The molecule has 0 aromatic heterocycles. The first kappa shape index (κ1) is 64.1. The molecular formula is C62H102O6. The SMILES string of the molecule is CC\C=C/C=C\C=C/C=C\CCCCCCCC(=O)OCC(COC(=O)CCCCCCCCCCCCCCCCCCCCC)OC(=O)CC/C=C\C/C=C\C/C=C\C/C=C\C/C=C\CC. The van der Waals surface area contributed by atoms with Crippen molar-refractivity contribution in [2.24, 2.45) is 0 Å². The molecule has 386 valence electrons. The van der Waals surface area contributed by atoms with E-state index in [0.29, 0.717) is 19.3 Å². The Morgan fingerprint density at radius 2 is 0.676 bits per heavy atom. The van der Waals surface area contributed by atoms with Gasteiger partial charge in [0.2, 0.25) is 0 Å². The van der Waals surface area contributed by atoms with Crippen LogP contribution in [0.3, 0.4) is 0 Å². The zero-order valence-electron chi connectivity index (χ0n) is 44.1. The number of esters is 3. The van der Waals surface area contributed by atoms with E-state index in [1.807, 2.05) is 30.4 Å². The minimum absolute atomic E-state index is 0.115.